The van der Waals surface area contributed by atoms with Crippen LogP contribution in [0.1, 0.15) is 51.3 Å². The van der Waals surface area contributed by atoms with E-state index >= 15 is 0 Å². The van der Waals surface area contributed by atoms with Gasteiger partial charge in [-0.25, -0.2) is 9.13 Å². The van der Waals surface area contributed by atoms with Crippen LogP contribution in [0.4, 0.5) is 5.69 Å². The van der Waals surface area contributed by atoms with Crippen molar-refractivity contribution in [2.24, 2.45) is 0 Å². The minimum atomic E-state index is 0.681. The Bertz CT molecular complexity index is 1380. The summed E-state index contributed by atoms with van der Waals surface area (Å²) >= 11 is 0. The summed E-state index contributed by atoms with van der Waals surface area (Å²) in [6.07, 6.45) is 23.3. The van der Waals surface area contributed by atoms with Gasteiger partial charge in [0, 0.05) is 61.8 Å². The van der Waals surface area contributed by atoms with Gasteiger partial charge in [-0.1, -0.05) is 54.7 Å². The highest BCUT2D eigenvalue weighted by Crippen LogP contribution is 2.16. The van der Waals surface area contributed by atoms with E-state index in [1.807, 2.05) is 6.08 Å². The molecule has 0 aliphatic heterocycles. The fourth-order valence-electron chi connectivity index (χ4n) is 4.87. The van der Waals surface area contributed by atoms with Crippen molar-refractivity contribution >= 4 is 23.9 Å². The topological polar surface area (TPSA) is 23.5 Å². The highest BCUT2D eigenvalue weighted by Gasteiger charge is 2.04. The van der Waals surface area contributed by atoms with E-state index in [-0.39, 0.29) is 0 Å². The lowest BCUT2D eigenvalue weighted by Gasteiger charge is -2.21. The van der Waals surface area contributed by atoms with E-state index in [4.69, 9.17) is 4.74 Å². The molecule has 0 saturated carbocycles. The van der Waals surface area contributed by atoms with Gasteiger partial charge in [-0.2, -0.15) is 0 Å². The summed E-state index contributed by atoms with van der Waals surface area (Å²) in [6.45, 7) is 21.8. The molecule has 0 spiro atoms. The van der Waals surface area contributed by atoms with E-state index in [2.05, 4.69) is 170 Å². The van der Waals surface area contributed by atoms with E-state index in [1.54, 1.807) is 0 Å². The second-order valence-corrected chi connectivity index (χ2v) is 10.7. The summed E-state index contributed by atoms with van der Waals surface area (Å²) in [5.41, 5.74) is 7.19. The van der Waals surface area contributed by atoms with Crippen molar-refractivity contribution in [1.82, 2.24) is 4.90 Å². The standard InChI is InChI=1S/C39H52N4O/c1-7-38(42(8-2)9-3)19-13-34(6)12-14-36-22-26-40(27-23-36)30-32-44-33-31-41-28-24-37(25-29-41)16-15-35-17-20-39(21-18-35)43(10-4)11-5/h7,12-29H,1,8-11,30-33H2,2-6H3/q+2. The van der Waals surface area contributed by atoms with E-state index < -0.39 is 0 Å². The molecule has 0 aliphatic rings. The van der Waals surface area contributed by atoms with Gasteiger partial charge < -0.3 is 14.5 Å². The fraction of sp³-hybridized carbons (Fsp3) is 0.333. The highest BCUT2D eigenvalue weighted by molar-refractivity contribution is 5.70. The number of hydrogen-bond donors (Lipinski definition) is 0. The second kappa shape index (κ2) is 19.1. The van der Waals surface area contributed by atoms with E-state index in [0.717, 1.165) is 45.0 Å². The zero-order valence-corrected chi connectivity index (χ0v) is 27.5. The van der Waals surface area contributed by atoms with Crippen LogP contribution in [0.15, 0.2) is 115 Å². The smallest absolute Gasteiger partial charge is 0.171 e. The minimum Gasteiger partial charge on any atom is -0.372 e. The largest absolute Gasteiger partial charge is 0.372 e. The predicted octanol–water partition coefficient (Wildman–Crippen LogP) is 7.37. The molecule has 0 saturated heterocycles. The van der Waals surface area contributed by atoms with Crippen LogP contribution in [0, 0.1) is 0 Å². The van der Waals surface area contributed by atoms with Gasteiger partial charge in [0.15, 0.2) is 37.9 Å². The number of anilines is 1. The molecular formula is C39H52N4O+2. The van der Waals surface area contributed by atoms with Gasteiger partial charge in [-0.15, -0.1) is 0 Å². The van der Waals surface area contributed by atoms with Crippen LogP contribution in [-0.2, 0) is 17.8 Å². The fourth-order valence-corrected chi connectivity index (χ4v) is 4.87. The van der Waals surface area contributed by atoms with E-state index in [1.165, 1.54) is 28.0 Å². The molecule has 0 radical (unpaired) electrons. The summed E-state index contributed by atoms with van der Waals surface area (Å²) in [5, 5.41) is 0. The van der Waals surface area contributed by atoms with Gasteiger partial charge in [0.2, 0.25) is 0 Å². The molecule has 0 atom stereocenters. The molecule has 0 bridgehead atoms. The van der Waals surface area contributed by atoms with Crippen molar-refractivity contribution < 1.29 is 13.9 Å². The summed E-state index contributed by atoms with van der Waals surface area (Å²) in [4.78, 5) is 4.65. The highest BCUT2D eigenvalue weighted by atomic mass is 16.5. The average molecular weight is 593 g/mol. The predicted molar refractivity (Wildman–Crippen MR) is 187 cm³/mol. The van der Waals surface area contributed by atoms with E-state index in [9.17, 15) is 0 Å². The van der Waals surface area contributed by atoms with Crippen LogP contribution in [0.2, 0.25) is 0 Å². The SMILES string of the molecule is C=CC(=CC=C(C)C=Cc1cc[n+](CCOCC[n+]2ccc(C=Cc3ccc(N(CC)CC)cc3)cc2)cc1)N(CC)CC. The van der Waals surface area contributed by atoms with Crippen LogP contribution >= 0.6 is 0 Å². The molecule has 0 aliphatic carbocycles. The van der Waals surface area contributed by atoms with Crippen LogP contribution in [0.5, 0.6) is 0 Å². The molecule has 0 N–H and O–H groups in total. The van der Waals surface area contributed by atoms with Gasteiger partial charge in [0.25, 0.3) is 0 Å². The molecule has 5 nitrogen and oxygen atoms in total. The Kier molecular flexibility index (Phi) is 14.9. The Morgan fingerprint density at radius 2 is 1.18 bits per heavy atom. The third kappa shape index (κ3) is 11.5. The summed E-state index contributed by atoms with van der Waals surface area (Å²) in [7, 11) is 0. The molecule has 3 rings (SSSR count). The number of nitrogens with zero attached hydrogens (tertiary/aromatic N) is 4. The molecule has 2 aromatic heterocycles. The number of pyridine rings is 2. The number of allylic oxidation sites excluding steroid dienone is 5. The Morgan fingerprint density at radius 1 is 0.682 bits per heavy atom. The molecule has 0 fully saturated rings. The molecule has 1 aromatic carbocycles. The molecule has 0 amide bonds. The maximum absolute atomic E-state index is 5.92. The first-order valence-corrected chi connectivity index (χ1v) is 16.0. The Hall–Kier alpha value is -4.22. The molecule has 3 aromatic rings. The third-order valence-electron chi connectivity index (χ3n) is 7.70. The van der Waals surface area contributed by atoms with Crippen molar-refractivity contribution in [1.29, 1.82) is 0 Å². The first kappa shape index (κ1) is 34.3. The van der Waals surface area contributed by atoms with Crippen LogP contribution in [0.25, 0.3) is 18.2 Å². The number of likely N-dealkylation sites (N-methyl/N-ethyl adjacent to an activating group) is 1. The summed E-state index contributed by atoms with van der Waals surface area (Å²) in [5.74, 6) is 0. The second-order valence-electron chi connectivity index (χ2n) is 10.7. The number of rotatable bonds is 18. The average Bonchev–Trinajstić information content (AvgIpc) is 3.06. The number of ether oxygens (including phenoxy) is 1. The van der Waals surface area contributed by atoms with E-state index in [0.29, 0.717) is 13.2 Å². The van der Waals surface area contributed by atoms with Crippen molar-refractivity contribution in [3.8, 4) is 0 Å². The Morgan fingerprint density at radius 3 is 1.66 bits per heavy atom. The molecule has 232 valence electrons. The maximum atomic E-state index is 5.92. The first-order valence-electron chi connectivity index (χ1n) is 16.0. The monoisotopic (exact) mass is 592 g/mol. The Labute approximate surface area is 266 Å². The molecule has 44 heavy (non-hydrogen) atoms. The Balaban J connectivity index is 1.38. The molecule has 5 heteroatoms. The molecule has 0 unspecified atom stereocenters. The van der Waals surface area contributed by atoms with Gasteiger partial charge in [0.05, 0.1) is 0 Å². The van der Waals surface area contributed by atoms with Gasteiger partial charge >= 0.3 is 0 Å². The van der Waals surface area contributed by atoms with Gasteiger partial charge in [-0.05, 0) is 75.6 Å². The van der Waals surface area contributed by atoms with Crippen LogP contribution in [0.3, 0.4) is 0 Å². The van der Waals surface area contributed by atoms with Gasteiger partial charge in [0.1, 0.15) is 13.2 Å². The van der Waals surface area contributed by atoms with Crippen molar-refractivity contribution in [2.45, 2.75) is 47.7 Å². The lowest BCUT2D eigenvalue weighted by Crippen LogP contribution is -2.37. The summed E-state index contributed by atoms with van der Waals surface area (Å²) < 4.78 is 10.2. The quantitative estimate of drug-likeness (QED) is 0.0876. The van der Waals surface area contributed by atoms with Crippen LogP contribution < -0.4 is 14.0 Å². The number of benzene rings is 1. The first-order chi connectivity index (χ1) is 21.5. The van der Waals surface area contributed by atoms with Crippen molar-refractivity contribution in [2.75, 3.05) is 44.3 Å². The molecular weight excluding hydrogens is 540 g/mol. The number of aromatic nitrogens is 2. The zero-order chi connectivity index (χ0) is 31.6. The normalized spacial score (nSPS) is 12.3. The zero-order valence-electron chi connectivity index (χ0n) is 27.5. The minimum absolute atomic E-state index is 0.681. The van der Waals surface area contributed by atoms with Crippen molar-refractivity contribution in [3.63, 3.8) is 0 Å². The summed E-state index contributed by atoms with van der Waals surface area (Å²) in [6, 6.07) is 17.3. The third-order valence-corrected chi connectivity index (χ3v) is 7.70. The lowest BCUT2D eigenvalue weighted by molar-refractivity contribution is -0.705. The maximum Gasteiger partial charge on any atom is 0.171 e. The lowest BCUT2D eigenvalue weighted by atomic mass is 10.1. The molecule has 2 heterocycles. The number of hydrogen-bond acceptors (Lipinski definition) is 3. The van der Waals surface area contributed by atoms with Crippen molar-refractivity contribution in [3.05, 3.63) is 132 Å². The van der Waals surface area contributed by atoms with Crippen LogP contribution in [-0.4, -0.2) is 44.3 Å². The van der Waals surface area contributed by atoms with Gasteiger partial charge in [-0.3, -0.25) is 0 Å².